The maximum atomic E-state index is 6.56. The van der Waals surface area contributed by atoms with Crippen LogP contribution >= 0.6 is 0 Å². The maximum absolute atomic E-state index is 6.56. The lowest BCUT2D eigenvalue weighted by Crippen LogP contribution is -2.66. The van der Waals surface area contributed by atoms with Crippen molar-refractivity contribution in [3.63, 3.8) is 0 Å². The predicted molar refractivity (Wildman–Crippen MR) is 171 cm³/mol. The first-order valence-corrected chi connectivity index (χ1v) is 14.8. The van der Waals surface area contributed by atoms with Crippen molar-refractivity contribution in [2.45, 2.75) is 37.5 Å². The molecular weight excluding hydrogens is 504 g/mol. The van der Waals surface area contributed by atoms with Crippen molar-refractivity contribution < 1.29 is 0 Å². The van der Waals surface area contributed by atoms with Crippen LogP contribution in [0.1, 0.15) is 54.4 Å². The second-order valence-electron chi connectivity index (χ2n) is 12.6. The van der Waals surface area contributed by atoms with Crippen LogP contribution in [-0.4, -0.2) is 0 Å². The van der Waals surface area contributed by atoms with Gasteiger partial charge in [0.2, 0.25) is 0 Å². The highest BCUT2D eigenvalue weighted by Gasteiger charge is 2.72. The van der Waals surface area contributed by atoms with Crippen LogP contribution in [0.3, 0.4) is 0 Å². The molecule has 3 atom stereocenters. The molecule has 0 aromatic heterocycles. The Kier molecular flexibility index (Phi) is 6.32. The highest BCUT2D eigenvalue weighted by atomic mass is 14.7. The number of terminal acetylenes is 1. The highest BCUT2D eigenvalue weighted by molar-refractivity contribution is 5.50. The Morgan fingerprint density at radius 2 is 0.881 bits per heavy atom. The summed E-state index contributed by atoms with van der Waals surface area (Å²) in [4.78, 5) is 0. The normalized spacial score (nSPS) is 29.9. The summed E-state index contributed by atoms with van der Waals surface area (Å²) in [7, 11) is 0. The molecule has 4 aliphatic carbocycles. The van der Waals surface area contributed by atoms with Crippen LogP contribution in [0.4, 0.5) is 0 Å². The molecule has 0 nitrogen and oxygen atoms in total. The van der Waals surface area contributed by atoms with Crippen LogP contribution in [0.15, 0.2) is 121 Å². The summed E-state index contributed by atoms with van der Waals surface area (Å²) in [6.07, 6.45) is 11.1. The summed E-state index contributed by atoms with van der Waals surface area (Å²) in [5.74, 6) is 25.7. The van der Waals surface area contributed by atoms with Gasteiger partial charge in [0, 0.05) is 44.3 Å². The average Bonchev–Trinajstić information content (AvgIpc) is 3.04. The molecule has 4 bridgehead atoms. The molecule has 4 saturated carbocycles. The minimum absolute atomic E-state index is 0.0257. The van der Waals surface area contributed by atoms with Crippen molar-refractivity contribution >= 4 is 0 Å². The zero-order valence-electron chi connectivity index (χ0n) is 23.7. The summed E-state index contributed by atoms with van der Waals surface area (Å²) in [6.45, 7) is 0. The summed E-state index contributed by atoms with van der Waals surface area (Å²) >= 11 is 0. The van der Waals surface area contributed by atoms with Gasteiger partial charge in [0.25, 0.3) is 0 Å². The van der Waals surface area contributed by atoms with E-state index in [1.54, 1.807) is 0 Å². The molecule has 200 valence electrons. The molecule has 4 aromatic carbocycles. The number of rotatable bonds is 1. The highest BCUT2D eigenvalue weighted by Crippen LogP contribution is 2.75. The zero-order chi connectivity index (χ0) is 28.5. The third kappa shape index (κ3) is 4.52. The first-order chi connectivity index (χ1) is 20.6. The van der Waals surface area contributed by atoms with E-state index in [2.05, 4.69) is 132 Å². The first-order valence-electron chi connectivity index (χ1n) is 14.8. The predicted octanol–water partition coefficient (Wildman–Crippen LogP) is 8.28. The first kappa shape index (κ1) is 26.0. The van der Waals surface area contributed by atoms with Crippen LogP contribution < -0.4 is 0 Å². The lowest BCUT2D eigenvalue weighted by atomic mass is 9.31. The fourth-order valence-corrected chi connectivity index (χ4v) is 8.56. The lowest BCUT2D eigenvalue weighted by Gasteiger charge is -2.69. The molecular formula is C42H32. The minimum atomic E-state index is -0.397. The molecule has 4 fully saturated rings. The topological polar surface area (TPSA) is 0 Å². The molecule has 0 heteroatoms. The number of benzene rings is 4. The molecule has 0 spiro atoms. The van der Waals surface area contributed by atoms with Crippen LogP contribution in [0.25, 0.3) is 0 Å². The average molecular weight is 537 g/mol. The maximum Gasteiger partial charge on any atom is 0.0493 e. The van der Waals surface area contributed by atoms with Gasteiger partial charge in [0.05, 0.1) is 0 Å². The van der Waals surface area contributed by atoms with Crippen molar-refractivity contribution in [3.05, 3.63) is 144 Å². The quantitative estimate of drug-likeness (QED) is 0.215. The Hall–Kier alpha value is -4.88. The van der Waals surface area contributed by atoms with Gasteiger partial charge in [0.15, 0.2) is 0 Å². The Labute approximate surface area is 250 Å². The molecule has 0 radical (unpaired) electrons. The van der Waals surface area contributed by atoms with E-state index in [1.165, 1.54) is 5.56 Å². The van der Waals surface area contributed by atoms with E-state index in [-0.39, 0.29) is 22.2 Å². The van der Waals surface area contributed by atoms with Gasteiger partial charge in [-0.25, -0.2) is 0 Å². The molecule has 0 N–H and O–H groups in total. The Balaban J connectivity index is 1.47. The minimum Gasteiger partial charge on any atom is -0.120 e. The summed E-state index contributed by atoms with van der Waals surface area (Å²) in [6, 6.07) is 41.9. The standard InChI is InChI=1S/C42H32/c1-2-38-41(28-25-36-19-11-5-12-20-36)30-39(26-23-34-15-7-3-8-16-34)29-40(31-41,27-24-35-17-9-4-10-18-35)33-42(38,32-39)37-21-13-6-14-22-37/h1,3-22,38H,29-33H2. The van der Waals surface area contributed by atoms with E-state index < -0.39 is 5.41 Å². The molecule has 0 amide bonds. The summed E-state index contributed by atoms with van der Waals surface area (Å²) in [5.41, 5.74) is 3.27. The van der Waals surface area contributed by atoms with Gasteiger partial charge in [-0.1, -0.05) is 120 Å². The molecule has 8 rings (SSSR count). The van der Waals surface area contributed by atoms with Crippen molar-refractivity contribution in [2.24, 2.45) is 22.2 Å². The van der Waals surface area contributed by atoms with Gasteiger partial charge in [-0.3, -0.25) is 0 Å². The lowest BCUT2D eigenvalue weighted by molar-refractivity contribution is -0.130. The van der Waals surface area contributed by atoms with E-state index in [0.717, 1.165) is 48.8 Å². The van der Waals surface area contributed by atoms with Crippen LogP contribution in [0.5, 0.6) is 0 Å². The molecule has 3 unspecified atom stereocenters. The SMILES string of the molecule is C#CC1C2(C#Cc3ccccc3)CC3(C#Cc4ccccc4)CC(C#Cc4ccccc4)(C2)CC1(c1ccccc1)C3. The summed E-state index contributed by atoms with van der Waals surface area (Å²) in [5, 5.41) is 0. The fourth-order valence-electron chi connectivity index (χ4n) is 8.56. The Bertz CT molecular complexity index is 1750. The van der Waals surface area contributed by atoms with Crippen molar-refractivity contribution in [1.82, 2.24) is 0 Å². The third-order valence-electron chi connectivity index (χ3n) is 9.63. The molecule has 0 aliphatic heterocycles. The summed E-state index contributed by atoms with van der Waals surface area (Å²) < 4.78 is 0. The van der Waals surface area contributed by atoms with Crippen LogP contribution in [0.2, 0.25) is 0 Å². The van der Waals surface area contributed by atoms with Gasteiger partial charge >= 0.3 is 0 Å². The van der Waals surface area contributed by atoms with Crippen LogP contribution in [-0.2, 0) is 5.41 Å². The van der Waals surface area contributed by atoms with Gasteiger partial charge in [-0.05, 0) is 74.1 Å². The third-order valence-corrected chi connectivity index (χ3v) is 9.63. The molecule has 4 aromatic rings. The van der Waals surface area contributed by atoms with Gasteiger partial charge in [-0.2, -0.15) is 0 Å². The Morgan fingerprint density at radius 1 is 0.476 bits per heavy atom. The van der Waals surface area contributed by atoms with Gasteiger partial charge < -0.3 is 0 Å². The second kappa shape index (κ2) is 10.2. The molecule has 4 aliphatic rings. The molecule has 42 heavy (non-hydrogen) atoms. The number of hydrogen-bond donors (Lipinski definition) is 0. The zero-order valence-corrected chi connectivity index (χ0v) is 23.7. The van der Waals surface area contributed by atoms with Crippen molar-refractivity contribution in [2.75, 3.05) is 0 Å². The number of hydrogen-bond acceptors (Lipinski definition) is 0. The van der Waals surface area contributed by atoms with E-state index in [1.807, 2.05) is 30.3 Å². The van der Waals surface area contributed by atoms with Gasteiger partial charge in [-0.15, -0.1) is 12.3 Å². The van der Waals surface area contributed by atoms with E-state index in [9.17, 15) is 0 Å². The van der Waals surface area contributed by atoms with Crippen LogP contribution in [0, 0.1) is 70.0 Å². The largest absolute Gasteiger partial charge is 0.120 e. The molecule has 0 saturated heterocycles. The van der Waals surface area contributed by atoms with E-state index in [0.29, 0.717) is 0 Å². The monoisotopic (exact) mass is 536 g/mol. The fraction of sp³-hybridized carbons (Fsp3) is 0.238. The molecule has 0 heterocycles. The van der Waals surface area contributed by atoms with E-state index >= 15 is 0 Å². The second-order valence-corrected chi connectivity index (χ2v) is 12.6. The van der Waals surface area contributed by atoms with Crippen molar-refractivity contribution in [1.29, 1.82) is 0 Å². The smallest absolute Gasteiger partial charge is 0.0493 e. The van der Waals surface area contributed by atoms with Crippen molar-refractivity contribution in [3.8, 4) is 47.9 Å². The Morgan fingerprint density at radius 3 is 1.31 bits per heavy atom. The van der Waals surface area contributed by atoms with Gasteiger partial charge in [0.1, 0.15) is 0 Å². The van der Waals surface area contributed by atoms with E-state index in [4.69, 9.17) is 6.42 Å².